The third-order valence-electron chi connectivity index (χ3n) is 3.36. The minimum atomic E-state index is -0.377. The molecule has 1 fully saturated rings. The lowest BCUT2D eigenvalue weighted by Crippen LogP contribution is -2.53. The number of morpholine rings is 1. The van der Waals surface area contributed by atoms with E-state index in [1.807, 2.05) is 20.8 Å². The molecule has 0 saturated carbocycles. The molecular formula is C12H21N5O3. The number of carbonyl (C=O) groups excluding carboxylic acids is 1. The maximum atomic E-state index is 12.1. The minimum absolute atomic E-state index is 0.0878. The molecule has 0 aliphatic carbocycles. The van der Waals surface area contributed by atoms with Gasteiger partial charge in [-0.05, 0) is 20.8 Å². The lowest BCUT2D eigenvalue weighted by Gasteiger charge is -2.38. The monoisotopic (exact) mass is 283 g/mol. The van der Waals surface area contributed by atoms with Crippen LogP contribution in [0.2, 0.25) is 0 Å². The number of amides is 1. The van der Waals surface area contributed by atoms with Crippen LogP contribution in [0.1, 0.15) is 26.6 Å². The molecule has 2 rings (SSSR count). The molecule has 1 amide bonds. The largest absolute Gasteiger partial charge is 0.373 e. The van der Waals surface area contributed by atoms with Gasteiger partial charge in [0.1, 0.15) is 5.82 Å². The zero-order valence-corrected chi connectivity index (χ0v) is 12.0. The standard InChI is InChI=1S/C12H21N5O3/c1-7-5-17(6-8(2)20-7)9(3)11(18)13-4-10-14-12(19)16-15-10/h7-9H,4-6H2,1-3H3,(H,13,18)(H2,14,15,16,19)/t7-,8+,9-/m1/s1. The van der Waals surface area contributed by atoms with E-state index in [4.69, 9.17) is 4.74 Å². The fraction of sp³-hybridized carbons (Fsp3) is 0.750. The lowest BCUT2D eigenvalue weighted by molar-refractivity contribution is -0.132. The first-order chi connectivity index (χ1) is 9.45. The number of ether oxygens (including phenoxy) is 1. The van der Waals surface area contributed by atoms with Crippen LogP contribution >= 0.6 is 0 Å². The Morgan fingerprint density at radius 3 is 2.70 bits per heavy atom. The maximum absolute atomic E-state index is 12.1. The Labute approximate surface area is 116 Å². The molecule has 0 radical (unpaired) electrons. The summed E-state index contributed by atoms with van der Waals surface area (Å²) in [6.45, 7) is 7.55. The van der Waals surface area contributed by atoms with E-state index in [1.54, 1.807) is 0 Å². The van der Waals surface area contributed by atoms with Gasteiger partial charge in [-0.1, -0.05) is 0 Å². The van der Waals surface area contributed by atoms with E-state index in [-0.39, 0.29) is 36.4 Å². The van der Waals surface area contributed by atoms with Gasteiger partial charge in [0.05, 0.1) is 24.8 Å². The van der Waals surface area contributed by atoms with Crippen LogP contribution in [0.4, 0.5) is 0 Å². The number of nitrogens with one attached hydrogen (secondary N) is 3. The van der Waals surface area contributed by atoms with Crippen LogP contribution in [0.25, 0.3) is 0 Å². The molecule has 1 saturated heterocycles. The highest BCUT2D eigenvalue weighted by Gasteiger charge is 2.29. The van der Waals surface area contributed by atoms with Crippen LogP contribution < -0.4 is 11.0 Å². The summed E-state index contributed by atoms with van der Waals surface area (Å²) in [6.07, 6.45) is 0.244. The van der Waals surface area contributed by atoms with Crippen molar-refractivity contribution in [1.82, 2.24) is 25.4 Å². The summed E-state index contributed by atoms with van der Waals surface area (Å²) < 4.78 is 5.65. The molecule has 0 aromatic carbocycles. The Balaban J connectivity index is 1.86. The minimum Gasteiger partial charge on any atom is -0.373 e. The smallest absolute Gasteiger partial charge is 0.340 e. The molecule has 0 bridgehead atoms. The fourth-order valence-electron chi connectivity index (χ4n) is 2.41. The van der Waals surface area contributed by atoms with Gasteiger partial charge < -0.3 is 10.1 Å². The third kappa shape index (κ3) is 3.67. The zero-order chi connectivity index (χ0) is 14.7. The van der Waals surface area contributed by atoms with E-state index in [2.05, 4.69) is 25.4 Å². The first-order valence-corrected chi connectivity index (χ1v) is 6.76. The van der Waals surface area contributed by atoms with Crippen LogP contribution in [0, 0.1) is 0 Å². The SMILES string of the molecule is C[C@@H]1CN([C@H](C)C(=O)NCc2n[nH]c(=O)[nH]2)C[C@H](C)O1. The summed E-state index contributed by atoms with van der Waals surface area (Å²) in [4.78, 5) is 27.6. The van der Waals surface area contributed by atoms with Gasteiger partial charge in [0.25, 0.3) is 0 Å². The average molecular weight is 283 g/mol. The first-order valence-electron chi connectivity index (χ1n) is 6.76. The normalized spacial score (nSPS) is 25.4. The van der Waals surface area contributed by atoms with Crippen molar-refractivity contribution in [3.05, 3.63) is 16.3 Å². The quantitative estimate of drug-likeness (QED) is 0.672. The molecule has 1 aliphatic rings. The summed E-state index contributed by atoms with van der Waals surface area (Å²) in [5, 5.41) is 8.76. The number of aromatic amines is 2. The van der Waals surface area contributed by atoms with Gasteiger partial charge in [-0.2, -0.15) is 5.10 Å². The van der Waals surface area contributed by atoms with Crippen LogP contribution in [0.3, 0.4) is 0 Å². The molecule has 3 atom stereocenters. The van der Waals surface area contributed by atoms with Crippen molar-refractivity contribution >= 4 is 5.91 Å². The highest BCUT2D eigenvalue weighted by atomic mass is 16.5. The molecular weight excluding hydrogens is 262 g/mol. The van der Waals surface area contributed by atoms with E-state index < -0.39 is 0 Å². The Hall–Kier alpha value is -1.67. The topological polar surface area (TPSA) is 103 Å². The van der Waals surface area contributed by atoms with Gasteiger partial charge in [-0.25, -0.2) is 9.89 Å². The van der Waals surface area contributed by atoms with Gasteiger partial charge in [0, 0.05) is 13.1 Å². The van der Waals surface area contributed by atoms with Crippen LogP contribution in [0.5, 0.6) is 0 Å². The number of carbonyl (C=O) groups is 1. The molecule has 1 aromatic rings. The van der Waals surface area contributed by atoms with E-state index in [1.165, 1.54) is 0 Å². The lowest BCUT2D eigenvalue weighted by atomic mass is 10.1. The number of aromatic nitrogens is 3. The highest BCUT2D eigenvalue weighted by Crippen LogP contribution is 2.13. The molecule has 20 heavy (non-hydrogen) atoms. The predicted molar refractivity (Wildman–Crippen MR) is 72.1 cm³/mol. The van der Waals surface area contributed by atoms with Gasteiger partial charge in [0.2, 0.25) is 5.91 Å². The van der Waals surface area contributed by atoms with E-state index >= 15 is 0 Å². The second-order valence-corrected chi connectivity index (χ2v) is 5.23. The van der Waals surface area contributed by atoms with E-state index in [0.29, 0.717) is 5.82 Å². The van der Waals surface area contributed by atoms with Gasteiger partial charge in [-0.3, -0.25) is 14.7 Å². The van der Waals surface area contributed by atoms with Crippen molar-refractivity contribution in [2.75, 3.05) is 13.1 Å². The second kappa shape index (κ2) is 6.19. The van der Waals surface area contributed by atoms with Crippen LogP contribution in [-0.2, 0) is 16.1 Å². The summed E-state index contributed by atoms with van der Waals surface area (Å²) in [6, 6.07) is -0.241. The van der Waals surface area contributed by atoms with E-state index in [9.17, 15) is 9.59 Å². The molecule has 0 spiro atoms. The van der Waals surface area contributed by atoms with Crippen molar-refractivity contribution in [3.8, 4) is 0 Å². The first kappa shape index (κ1) is 14.7. The summed E-state index contributed by atoms with van der Waals surface area (Å²) in [5.74, 6) is 0.328. The third-order valence-corrected chi connectivity index (χ3v) is 3.36. The number of rotatable bonds is 4. The van der Waals surface area contributed by atoms with Crippen LogP contribution in [0.15, 0.2) is 4.79 Å². The molecule has 112 valence electrons. The summed E-state index contributed by atoms with van der Waals surface area (Å²) >= 11 is 0. The Morgan fingerprint density at radius 2 is 2.15 bits per heavy atom. The Kier molecular flexibility index (Phi) is 4.56. The number of H-pyrrole nitrogens is 2. The fourth-order valence-corrected chi connectivity index (χ4v) is 2.41. The van der Waals surface area contributed by atoms with Crippen molar-refractivity contribution in [3.63, 3.8) is 0 Å². The molecule has 8 heteroatoms. The number of nitrogens with zero attached hydrogens (tertiary/aromatic N) is 2. The predicted octanol–water partition coefficient (Wildman–Crippen LogP) is -0.788. The highest BCUT2D eigenvalue weighted by molar-refractivity contribution is 5.81. The molecule has 2 heterocycles. The van der Waals surface area contributed by atoms with Gasteiger partial charge in [-0.15, -0.1) is 0 Å². The second-order valence-electron chi connectivity index (χ2n) is 5.23. The summed E-state index contributed by atoms with van der Waals surface area (Å²) in [7, 11) is 0. The molecule has 0 unspecified atom stereocenters. The Morgan fingerprint density at radius 1 is 1.50 bits per heavy atom. The van der Waals surface area contributed by atoms with Crippen molar-refractivity contribution in [2.45, 2.75) is 45.6 Å². The van der Waals surface area contributed by atoms with Crippen molar-refractivity contribution in [2.24, 2.45) is 0 Å². The Bertz CT molecular complexity index is 501. The van der Waals surface area contributed by atoms with Crippen molar-refractivity contribution < 1.29 is 9.53 Å². The molecule has 1 aliphatic heterocycles. The summed E-state index contributed by atoms with van der Waals surface area (Å²) in [5.41, 5.74) is -0.377. The van der Waals surface area contributed by atoms with E-state index in [0.717, 1.165) is 13.1 Å². The number of hydrogen-bond donors (Lipinski definition) is 3. The molecule has 1 aromatic heterocycles. The molecule has 3 N–H and O–H groups in total. The maximum Gasteiger partial charge on any atom is 0.340 e. The average Bonchev–Trinajstić information content (AvgIpc) is 2.79. The van der Waals surface area contributed by atoms with Gasteiger partial charge in [0.15, 0.2) is 0 Å². The number of hydrogen-bond acceptors (Lipinski definition) is 5. The zero-order valence-electron chi connectivity index (χ0n) is 12.0. The van der Waals surface area contributed by atoms with Crippen molar-refractivity contribution in [1.29, 1.82) is 0 Å². The van der Waals surface area contributed by atoms with Gasteiger partial charge >= 0.3 is 5.69 Å². The molecule has 8 nitrogen and oxygen atoms in total. The van der Waals surface area contributed by atoms with Crippen LogP contribution in [-0.4, -0.2) is 57.3 Å².